The maximum absolute atomic E-state index is 11.2. The Labute approximate surface area is 91.0 Å². The third kappa shape index (κ3) is 5.50. The van der Waals surface area contributed by atoms with Crippen molar-refractivity contribution in [2.75, 3.05) is 19.9 Å². The van der Waals surface area contributed by atoms with Gasteiger partial charge in [-0.1, -0.05) is 13.8 Å². The number of ether oxygens (including phenoxy) is 1. The molecular formula is C10H21NO2S. The number of hydrogen-bond acceptors (Lipinski definition) is 4. The van der Waals surface area contributed by atoms with Gasteiger partial charge in [-0.3, -0.25) is 4.79 Å². The molecule has 3 nitrogen and oxygen atoms in total. The molecule has 0 aliphatic carbocycles. The van der Waals surface area contributed by atoms with Gasteiger partial charge < -0.3 is 10.1 Å². The molecule has 0 rings (SSSR count). The monoisotopic (exact) mass is 219 g/mol. The molecule has 0 aliphatic heterocycles. The second kappa shape index (κ2) is 8.12. The van der Waals surface area contributed by atoms with Crippen molar-refractivity contribution in [1.82, 2.24) is 5.32 Å². The Hall–Kier alpha value is -0.220. The van der Waals surface area contributed by atoms with Crippen LogP contribution in [0.3, 0.4) is 0 Å². The predicted octanol–water partition coefficient (Wildman–Crippen LogP) is 1.67. The Bertz CT molecular complexity index is 164. The van der Waals surface area contributed by atoms with Crippen LogP contribution in [0.2, 0.25) is 0 Å². The van der Waals surface area contributed by atoms with Crippen molar-refractivity contribution in [3.63, 3.8) is 0 Å². The van der Waals surface area contributed by atoms with E-state index in [0.717, 1.165) is 19.4 Å². The van der Waals surface area contributed by atoms with E-state index in [0.29, 0.717) is 5.25 Å². The smallest absolute Gasteiger partial charge is 0.322 e. The molecule has 0 amide bonds. The highest BCUT2D eigenvalue weighted by Crippen LogP contribution is 2.08. The third-order valence-electron chi connectivity index (χ3n) is 2.24. The highest BCUT2D eigenvalue weighted by molar-refractivity contribution is 7.99. The van der Waals surface area contributed by atoms with Crippen LogP contribution in [0.4, 0.5) is 0 Å². The number of methoxy groups -OCH3 is 1. The summed E-state index contributed by atoms with van der Waals surface area (Å²) < 4.78 is 4.68. The van der Waals surface area contributed by atoms with Gasteiger partial charge in [0.25, 0.3) is 0 Å². The van der Waals surface area contributed by atoms with Gasteiger partial charge in [0.1, 0.15) is 6.04 Å². The molecule has 14 heavy (non-hydrogen) atoms. The lowest BCUT2D eigenvalue weighted by molar-refractivity contribution is -0.143. The van der Waals surface area contributed by atoms with E-state index in [1.54, 1.807) is 0 Å². The lowest BCUT2D eigenvalue weighted by atomic mass is 10.2. The number of rotatable bonds is 7. The SMILES string of the molecule is CCC(NCCC(C)SC)C(=O)OC. The fourth-order valence-electron chi connectivity index (χ4n) is 1.12. The zero-order valence-electron chi connectivity index (χ0n) is 9.50. The summed E-state index contributed by atoms with van der Waals surface area (Å²) in [5.41, 5.74) is 0. The number of carbonyl (C=O) groups is 1. The van der Waals surface area contributed by atoms with E-state index < -0.39 is 0 Å². The molecule has 2 atom stereocenters. The minimum Gasteiger partial charge on any atom is -0.468 e. The first-order valence-corrected chi connectivity index (χ1v) is 6.28. The van der Waals surface area contributed by atoms with E-state index in [2.05, 4.69) is 23.2 Å². The number of nitrogens with one attached hydrogen (secondary N) is 1. The van der Waals surface area contributed by atoms with Gasteiger partial charge in [0, 0.05) is 5.25 Å². The van der Waals surface area contributed by atoms with E-state index in [4.69, 9.17) is 0 Å². The molecule has 0 aliphatic rings. The van der Waals surface area contributed by atoms with E-state index in [-0.39, 0.29) is 12.0 Å². The van der Waals surface area contributed by atoms with E-state index in [1.165, 1.54) is 7.11 Å². The van der Waals surface area contributed by atoms with Gasteiger partial charge in [-0.05, 0) is 25.6 Å². The number of thioether (sulfide) groups is 1. The summed E-state index contributed by atoms with van der Waals surface area (Å²) in [6.07, 6.45) is 3.96. The third-order valence-corrected chi connectivity index (χ3v) is 3.28. The normalized spacial score (nSPS) is 14.9. The highest BCUT2D eigenvalue weighted by atomic mass is 32.2. The summed E-state index contributed by atoms with van der Waals surface area (Å²) in [6, 6.07) is -0.144. The Balaban J connectivity index is 3.68. The second-order valence-electron chi connectivity index (χ2n) is 3.27. The fraction of sp³-hybridized carbons (Fsp3) is 0.900. The van der Waals surface area contributed by atoms with Gasteiger partial charge >= 0.3 is 5.97 Å². The Morgan fingerprint density at radius 3 is 2.64 bits per heavy atom. The zero-order chi connectivity index (χ0) is 11.0. The van der Waals surface area contributed by atoms with Crippen LogP contribution in [-0.4, -0.2) is 37.2 Å². The van der Waals surface area contributed by atoms with Gasteiger partial charge in [-0.25, -0.2) is 0 Å². The molecule has 0 saturated heterocycles. The van der Waals surface area contributed by atoms with Crippen LogP contribution >= 0.6 is 11.8 Å². The van der Waals surface area contributed by atoms with Gasteiger partial charge in [0.2, 0.25) is 0 Å². The number of esters is 1. The van der Waals surface area contributed by atoms with Crippen LogP contribution < -0.4 is 5.32 Å². The Morgan fingerprint density at radius 2 is 2.21 bits per heavy atom. The molecule has 0 aromatic carbocycles. The van der Waals surface area contributed by atoms with Crippen molar-refractivity contribution in [2.24, 2.45) is 0 Å². The molecule has 0 aromatic heterocycles. The van der Waals surface area contributed by atoms with Crippen LogP contribution in [0, 0.1) is 0 Å². The number of hydrogen-bond donors (Lipinski definition) is 1. The molecule has 0 fully saturated rings. The summed E-state index contributed by atoms with van der Waals surface area (Å²) in [5.74, 6) is -0.163. The molecule has 84 valence electrons. The summed E-state index contributed by atoms with van der Waals surface area (Å²) in [5, 5.41) is 3.83. The highest BCUT2D eigenvalue weighted by Gasteiger charge is 2.15. The van der Waals surface area contributed by atoms with Crippen molar-refractivity contribution >= 4 is 17.7 Å². The predicted molar refractivity (Wildman–Crippen MR) is 61.7 cm³/mol. The first kappa shape index (κ1) is 13.8. The van der Waals surface area contributed by atoms with E-state index >= 15 is 0 Å². The molecular weight excluding hydrogens is 198 g/mol. The van der Waals surface area contributed by atoms with Gasteiger partial charge in [-0.15, -0.1) is 0 Å². The molecule has 0 aromatic rings. The van der Waals surface area contributed by atoms with Crippen LogP contribution in [0.1, 0.15) is 26.7 Å². The largest absolute Gasteiger partial charge is 0.468 e. The fourth-order valence-corrected chi connectivity index (χ4v) is 1.47. The van der Waals surface area contributed by atoms with E-state index in [9.17, 15) is 4.79 Å². The molecule has 0 bridgehead atoms. The van der Waals surface area contributed by atoms with Crippen LogP contribution in [0.15, 0.2) is 0 Å². The van der Waals surface area contributed by atoms with Crippen molar-refractivity contribution in [3.8, 4) is 0 Å². The molecule has 0 saturated carbocycles. The molecule has 2 unspecified atom stereocenters. The first-order valence-electron chi connectivity index (χ1n) is 4.99. The lowest BCUT2D eigenvalue weighted by Crippen LogP contribution is -2.38. The minimum absolute atomic E-state index is 0.144. The Kier molecular flexibility index (Phi) is 7.99. The van der Waals surface area contributed by atoms with Crippen molar-refractivity contribution in [2.45, 2.75) is 38.0 Å². The number of carbonyl (C=O) groups excluding carboxylic acids is 1. The van der Waals surface area contributed by atoms with Crippen LogP contribution in [0.5, 0.6) is 0 Å². The topological polar surface area (TPSA) is 38.3 Å². The Morgan fingerprint density at radius 1 is 1.57 bits per heavy atom. The second-order valence-corrected chi connectivity index (χ2v) is 4.55. The maximum atomic E-state index is 11.2. The summed E-state index contributed by atoms with van der Waals surface area (Å²) >= 11 is 1.84. The van der Waals surface area contributed by atoms with E-state index in [1.807, 2.05) is 18.7 Å². The molecule has 0 spiro atoms. The van der Waals surface area contributed by atoms with Gasteiger partial charge in [0.15, 0.2) is 0 Å². The van der Waals surface area contributed by atoms with Crippen molar-refractivity contribution in [1.29, 1.82) is 0 Å². The maximum Gasteiger partial charge on any atom is 0.322 e. The molecule has 0 radical (unpaired) electrons. The van der Waals surface area contributed by atoms with Gasteiger partial charge in [0.05, 0.1) is 7.11 Å². The van der Waals surface area contributed by atoms with Crippen LogP contribution in [0.25, 0.3) is 0 Å². The standard InChI is InChI=1S/C10H21NO2S/c1-5-9(10(12)13-3)11-7-6-8(2)14-4/h8-9,11H,5-7H2,1-4H3. The quantitative estimate of drug-likeness (QED) is 0.661. The molecule has 1 N–H and O–H groups in total. The van der Waals surface area contributed by atoms with Crippen molar-refractivity contribution < 1.29 is 9.53 Å². The van der Waals surface area contributed by atoms with Crippen molar-refractivity contribution in [3.05, 3.63) is 0 Å². The average molecular weight is 219 g/mol. The lowest BCUT2D eigenvalue weighted by Gasteiger charge is -2.15. The summed E-state index contributed by atoms with van der Waals surface area (Å²) in [7, 11) is 1.43. The average Bonchev–Trinajstić information content (AvgIpc) is 2.22. The molecule has 0 heterocycles. The molecule has 4 heteroatoms. The minimum atomic E-state index is -0.163. The zero-order valence-corrected chi connectivity index (χ0v) is 10.3. The first-order chi connectivity index (χ1) is 6.65. The summed E-state index contributed by atoms with van der Waals surface area (Å²) in [6.45, 7) is 5.04. The van der Waals surface area contributed by atoms with Gasteiger partial charge in [-0.2, -0.15) is 11.8 Å². The summed E-state index contributed by atoms with van der Waals surface area (Å²) in [4.78, 5) is 11.2. The van der Waals surface area contributed by atoms with Crippen LogP contribution in [-0.2, 0) is 9.53 Å².